The summed E-state index contributed by atoms with van der Waals surface area (Å²) >= 11 is 7.52. The van der Waals surface area contributed by atoms with Crippen molar-refractivity contribution in [3.63, 3.8) is 0 Å². The average Bonchev–Trinajstić information content (AvgIpc) is 3.49. The quantitative estimate of drug-likeness (QED) is 0.553. The molecule has 1 amide bonds. The molecule has 1 aliphatic heterocycles. The predicted octanol–water partition coefficient (Wildman–Crippen LogP) is 3.78. The molecule has 0 spiro atoms. The van der Waals surface area contributed by atoms with E-state index >= 15 is 0 Å². The van der Waals surface area contributed by atoms with Crippen molar-refractivity contribution in [3.05, 3.63) is 47.1 Å². The number of amides is 1. The van der Waals surface area contributed by atoms with E-state index in [1.165, 1.54) is 12.1 Å². The van der Waals surface area contributed by atoms with E-state index in [-0.39, 0.29) is 10.8 Å². The van der Waals surface area contributed by atoms with Crippen molar-refractivity contribution in [2.24, 2.45) is 0 Å². The molecule has 1 aliphatic carbocycles. The number of carbonyl (C=O) groups excluding carboxylic acids is 1. The Morgan fingerprint density at radius 2 is 1.69 bits per heavy atom. The summed E-state index contributed by atoms with van der Waals surface area (Å²) in [6, 6.07) is 8.15. The van der Waals surface area contributed by atoms with Crippen molar-refractivity contribution in [2.75, 3.05) is 31.1 Å². The average molecular weight is 491 g/mol. The minimum absolute atomic E-state index is 0.164. The fourth-order valence-electron chi connectivity index (χ4n) is 4.82. The molecule has 2 fully saturated rings. The van der Waals surface area contributed by atoms with Crippen molar-refractivity contribution < 1.29 is 13.2 Å². The lowest BCUT2D eigenvalue weighted by molar-refractivity contribution is -0.134. The van der Waals surface area contributed by atoms with Gasteiger partial charge in [-0.05, 0) is 48.6 Å². The number of nitrogens with zero attached hydrogens (tertiary/aromatic N) is 4. The summed E-state index contributed by atoms with van der Waals surface area (Å²) in [5.74, 6) is 0.598. The normalized spacial score (nSPS) is 18.9. The first-order chi connectivity index (χ1) is 15.4. The zero-order valence-corrected chi connectivity index (χ0v) is 19.8. The minimum Gasteiger partial charge on any atom is -0.352 e. The SMILES string of the molecule is O=C(N1CCN(c2ncnc3sccc23)CC1)C1(S(=O)(=O)c2ccc(Cl)cc2)CCCC1. The minimum atomic E-state index is -3.84. The van der Waals surface area contributed by atoms with E-state index in [2.05, 4.69) is 14.9 Å². The van der Waals surface area contributed by atoms with Gasteiger partial charge >= 0.3 is 0 Å². The number of halogens is 1. The molecule has 0 unspecified atom stereocenters. The molecule has 5 rings (SSSR count). The number of benzene rings is 1. The van der Waals surface area contributed by atoms with Gasteiger partial charge in [-0.1, -0.05) is 24.4 Å². The number of hydrogen-bond acceptors (Lipinski definition) is 7. The van der Waals surface area contributed by atoms with Crippen molar-refractivity contribution in [3.8, 4) is 0 Å². The monoisotopic (exact) mass is 490 g/mol. The number of hydrogen-bond donors (Lipinski definition) is 0. The number of piperazine rings is 1. The van der Waals surface area contributed by atoms with Crippen LogP contribution in [0.1, 0.15) is 25.7 Å². The van der Waals surface area contributed by atoms with Crippen LogP contribution in [0.25, 0.3) is 10.2 Å². The highest BCUT2D eigenvalue weighted by molar-refractivity contribution is 7.93. The molecule has 10 heteroatoms. The van der Waals surface area contributed by atoms with E-state index in [1.807, 2.05) is 11.4 Å². The summed E-state index contributed by atoms with van der Waals surface area (Å²) in [5, 5.41) is 3.47. The molecule has 1 saturated heterocycles. The Labute approximate surface area is 195 Å². The Kier molecular flexibility index (Phi) is 5.59. The van der Waals surface area contributed by atoms with Gasteiger partial charge in [-0.2, -0.15) is 0 Å². The van der Waals surface area contributed by atoms with Crippen LogP contribution in [0.2, 0.25) is 5.02 Å². The predicted molar refractivity (Wildman–Crippen MR) is 126 cm³/mol. The number of fused-ring (bicyclic) bond motifs is 1. The lowest BCUT2D eigenvalue weighted by atomic mass is 10.0. The van der Waals surface area contributed by atoms with Gasteiger partial charge in [0.15, 0.2) is 14.6 Å². The number of aromatic nitrogens is 2. The molecule has 3 aromatic rings. The Morgan fingerprint density at radius 3 is 2.38 bits per heavy atom. The molecular weight excluding hydrogens is 468 g/mol. The molecule has 168 valence electrons. The maximum absolute atomic E-state index is 13.7. The first kappa shape index (κ1) is 21.6. The fourth-order valence-corrected chi connectivity index (χ4v) is 7.81. The molecule has 3 heterocycles. The second-order valence-electron chi connectivity index (χ2n) is 8.27. The van der Waals surface area contributed by atoms with E-state index in [4.69, 9.17) is 11.6 Å². The summed E-state index contributed by atoms with van der Waals surface area (Å²) in [4.78, 5) is 27.4. The molecule has 7 nitrogen and oxygen atoms in total. The Hall–Kier alpha value is -2.23. The number of thiophene rings is 1. The summed E-state index contributed by atoms with van der Waals surface area (Å²) in [6.45, 7) is 2.13. The van der Waals surface area contributed by atoms with Crippen molar-refractivity contribution >= 4 is 54.7 Å². The van der Waals surface area contributed by atoms with Crippen molar-refractivity contribution in [2.45, 2.75) is 35.3 Å². The van der Waals surface area contributed by atoms with Crippen LogP contribution in [0.15, 0.2) is 46.9 Å². The van der Waals surface area contributed by atoms with Gasteiger partial charge in [-0.3, -0.25) is 4.79 Å². The maximum Gasteiger partial charge on any atom is 0.244 e. The second kappa shape index (κ2) is 8.28. The van der Waals surface area contributed by atoms with Crippen LogP contribution in [0, 0.1) is 0 Å². The summed E-state index contributed by atoms with van der Waals surface area (Å²) < 4.78 is 25.9. The van der Waals surface area contributed by atoms with Crippen LogP contribution in [0.5, 0.6) is 0 Å². The summed E-state index contributed by atoms with van der Waals surface area (Å²) in [5.41, 5.74) is 0. The van der Waals surface area contributed by atoms with Crippen LogP contribution in [0.3, 0.4) is 0 Å². The lowest BCUT2D eigenvalue weighted by Gasteiger charge is -2.40. The van der Waals surface area contributed by atoms with Crippen molar-refractivity contribution in [1.29, 1.82) is 0 Å². The molecule has 0 bridgehead atoms. The third-order valence-corrected chi connectivity index (χ3v) is 10.1. The first-order valence-corrected chi connectivity index (χ1v) is 13.4. The molecular formula is C22H23ClN4O3S2. The van der Waals surface area contributed by atoms with E-state index < -0.39 is 14.6 Å². The zero-order chi connectivity index (χ0) is 22.3. The van der Waals surface area contributed by atoms with Crippen LogP contribution in [0.4, 0.5) is 5.82 Å². The van der Waals surface area contributed by atoms with Gasteiger partial charge in [-0.15, -0.1) is 11.3 Å². The van der Waals surface area contributed by atoms with Crippen molar-refractivity contribution in [1.82, 2.24) is 14.9 Å². The van der Waals surface area contributed by atoms with Crippen LogP contribution < -0.4 is 4.90 Å². The molecule has 0 radical (unpaired) electrons. The van der Waals surface area contributed by atoms with Gasteiger partial charge in [0.2, 0.25) is 5.91 Å². The fraction of sp³-hybridized carbons (Fsp3) is 0.409. The largest absolute Gasteiger partial charge is 0.352 e. The molecule has 0 N–H and O–H groups in total. The first-order valence-electron chi connectivity index (χ1n) is 10.7. The van der Waals surface area contributed by atoms with Gasteiger partial charge in [0.25, 0.3) is 0 Å². The summed E-state index contributed by atoms with van der Waals surface area (Å²) in [6.07, 6.45) is 3.75. The Bertz CT molecular complexity index is 1250. The van der Waals surface area contributed by atoms with Crippen LogP contribution in [-0.4, -0.2) is 60.1 Å². The van der Waals surface area contributed by atoms with Gasteiger partial charge in [0.05, 0.1) is 10.3 Å². The lowest BCUT2D eigenvalue weighted by Crippen LogP contribution is -2.57. The van der Waals surface area contributed by atoms with Gasteiger partial charge in [-0.25, -0.2) is 18.4 Å². The smallest absolute Gasteiger partial charge is 0.244 e. The maximum atomic E-state index is 13.7. The second-order valence-corrected chi connectivity index (χ2v) is 11.9. The zero-order valence-electron chi connectivity index (χ0n) is 17.4. The number of anilines is 1. The molecule has 0 atom stereocenters. The van der Waals surface area contributed by atoms with Gasteiger partial charge in [0, 0.05) is 31.2 Å². The Morgan fingerprint density at radius 1 is 1.00 bits per heavy atom. The number of carbonyl (C=O) groups is 1. The van der Waals surface area contributed by atoms with E-state index in [0.29, 0.717) is 44.0 Å². The highest BCUT2D eigenvalue weighted by atomic mass is 35.5. The molecule has 2 aromatic heterocycles. The molecule has 1 saturated carbocycles. The standard InChI is InChI=1S/C22H23ClN4O3S2/c23-16-3-5-17(6-4-16)32(29,30)22(8-1-2-9-22)21(28)27-12-10-26(11-13-27)19-18-7-14-31-20(18)25-15-24-19/h3-7,14-15H,1-2,8-13H2. The van der Waals surface area contributed by atoms with Crippen LogP contribution >= 0.6 is 22.9 Å². The third-order valence-electron chi connectivity index (χ3n) is 6.55. The molecule has 2 aliphatic rings. The van der Waals surface area contributed by atoms with Gasteiger partial charge < -0.3 is 9.80 Å². The highest BCUT2D eigenvalue weighted by Crippen LogP contribution is 2.42. The van der Waals surface area contributed by atoms with E-state index in [1.54, 1.807) is 34.7 Å². The van der Waals surface area contributed by atoms with Crippen LogP contribution in [-0.2, 0) is 14.6 Å². The summed E-state index contributed by atoms with van der Waals surface area (Å²) in [7, 11) is -3.84. The van der Waals surface area contributed by atoms with E-state index in [0.717, 1.165) is 28.9 Å². The number of rotatable bonds is 4. The molecule has 1 aromatic carbocycles. The Balaban J connectivity index is 1.38. The number of sulfone groups is 1. The third kappa shape index (κ3) is 3.47. The van der Waals surface area contributed by atoms with E-state index in [9.17, 15) is 13.2 Å². The highest BCUT2D eigenvalue weighted by Gasteiger charge is 2.54. The van der Waals surface area contributed by atoms with Gasteiger partial charge in [0.1, 0.15) is 17.0 Å². The topological polar surface area (TPSA) is 83.5 Å². The molecule has 32 heavy (non-hydrogen) atoms.